The minimum Gasteiger partial charge on any atom is -0.357 e. The second kappa shape index (κ2) is 13.2. The van der Waals surface area contributed by atoms with Crippen LogP contribution in [0.3, 0.4) is 0 Å². The number of carbonyl (C=O) groups excluding carboxylic acids is 1. The number of guanidine groups is 1. The zero-order chi connectivity index (χ0) is 22.9. The molecule has 178 valence electrons. The van der Waals surface area contributed by atoms with Crippen LogP contribution in [0.15, 0.2) is 53.5 Å². The maximum absolute atomic E-state index is 12.2. The average molecular weight is 563 g/mol. The molecule has 0 bridgehead atoms. The van der Waals surface area contributed by atoms with Crippen LogP contribution in [-0.2, 0) is 13.0 Å². The molecule has 0 fully saturated rings. The first-order valence-electron chi connectivity index (χ1n) is 11.2. The maximum Gasteiger partial charge on any atom is 0.253 e. The highest BCUT2D eigenvalue weighted by Gasteiger charge is 2.08. The number of amides is 1. The lowest BCUT2D eigenvalue weighted by Crippen LogP contribution is -2.38. The van der Waals surface area contributed by atoms with Crippen LogP contribution in [0.4, 0.5) is 0 Å². The average Bonchev–Trinajstić information content (AvgIpc) is 3.11. The lowest BCUT2D eigenvalue weighted by molar-refractivity contribution is 0.0827. The SMILES string of the molecule is CCNC(=NCCCn1c(C)nc2ccccc21)NCCc1cccc(C(=O)N(C)C)c1.I. The van der Waals surface area contributed by atoms with Crippen LogP contribution < -0.4 is 10.6 Å². The van der Waals surface area contributed by atoms with Crippen LogP contribution in [0.25, 0.3) is 11.0 Å². The summed E-state index contributed by atoms with van der Waals surface area (Å²) < 4.78 is 2.26. The van der Waals surface area contributed by atoms with Gasteiger partial charge in [-0.2, -0.15) is 0 Å². The lowest BCUT2D eigenvalue weighted by atomic mass is 10.1. The molecule has 3 aromatic rings. The van der Waals surface area contributed by atoms with Crippen molar-refractivity contribution in [2.24, 2.45) is 4.99 Å². The Morgan fingerprint density at radius 3 is 2.67 bits per heavy atom. The summed E-state index contributed by atoms with van der Waals surface area (Å²) in [4.78, 5) is 23.1. The fourth-order valence-corrected chi connectivity index (χ4v) is 3.68. The second-order valence-electron chi connectivity index (χ2n) is 7.99. The van der Waals surface area contributed by atoms with Crippen molar-refractivity contribution in [3.63, 3.8) is 0 Å². The van der Waals surface area contributed by atoms with Crippen molar-refractivity contribution in [2.45, 2.75) is 33.2 Å². The van der Waals surface area contributed by atoms with Gasteiger partial charge in [0.25, 0.3) is 5.91 Å². The topological polar surface area (TPSA) is 74.5 Å². The van der Waals surface area contributed by atoms with E-state index in [9.17, 15) is 4.79 Å². The van der Waals surface area contributed by atoms with Gasteiger partial charge in [0.1, 0.15) is 5.82 Å². The van der Waals surface area contributed by atoms with Crippen molar-refractivity contribution >= 4 is 46.9 Å². The number of nitrogens with zero attached hydrogens (tertiary/aromatic N) is 4. The van der Waals surface area contributed by atoms with E-state index in [1.54, 1.807) is 19.0 Å². The Bertz CT molecular complexity index is 1080. The van der Waals surface area contributed by atoms with Crippen molar-refractivity contribution in [1.29, 1.82) is 0 Å². The van der Waals surface area contributed by atoms with Crippen molar-refractivity contribution < 1.29 is 4.79 Å². The van der Waals surface area contributed by atoms with Gasteiger partial charge in [0.2, 0.25) is 0 Å². The Hall–Kier alpha value is -2.62. The number of aryl methyl sites for hydroxylation is 2. The summed E-state index contributed by atoms with van der Waals surface area (Å²) in [5.74, 6) is 1.88. The van der Waals surface area contributed by atoms with Crippen LogP contribution in [0.2, 0.25) is 0 Å². The number of carbonyl (C=O) groups is 1. The molecule has 2 aromatic carbocycles. The molecule has 0 aliphatic rings. The first-order chi connectivity index (χ1) is 15.5. The maximum atomic E-state index is 12.2. The van der Waals surface area contributed by atoms with Crippen molar-refractivity contribution in [3.05, 3.63) is 65.5 Å². The Morgan fingerprint density at radius 2 is 1.91 bits per heavy atom. The number of nitrogens with one attached hydrogen (secondary N) is 2. The number of hydrogen-bond donors (Lipinski definition) is 2. The summed E-state index contributed by atoms with van der Waals surface area (Å²) in [6, 6.07) is 16.1. The van der Waals surface area contributed by atoms with Crippen LogP contribution in [0.5, 0.6) is 0 Å². The van der Waals surface area contributed by atoms with E-state index in [1.807, 2.05) is 24.3 Å². The van der Waals surface area contributed by atoms with Gasteiger partial charge in [0.15, 0.2) is 5.96 Å². The number of imidazole rings is 1. The number of aliphatic imine (C=N–C) groups is 1. The van der Waals surface area contributed by atoms with Crippen molar-refractivity contribution in [2.75, 3.05) is 33.7 Å². The molecule has 33 heavy (non-hydrogen) atoms. The molecule has 8 heteroatoms. The van der Waals surface area contributed by atoms with Gasteiger partial charge in [0, 0.05) is 45.8 Å². The second-order valence-corrected chi connectivity index (χ2v) is 7.99. The van der Waals surface area contributed by atoms with E-state index in [1.165, 1.54) is 5.52 Å². The fourth-order valence-electron chi connectivity index (χ4n) is 3.68. The summed E-state index contributed by atoms with van der Waals surface area (Å²) in [5, 5.41) is 6.71. The van der Waals surface area contributed by atoms with Crippen LogP contribution in [0, 0.1) is 6.92 Å². The monoisotopic (exact) mass is 562 g/mol. The third-order valence-corrected chi connectivity index (χ3v) is 5.29. The zero-order valence-electron chi connectivity index (χ0n) is 20.0. The van der Waals surface area contributed by atoms with Gasteiger partial charge < -0.3 is 20.1 Å². The molecule has 0 radical (unpaired) electrons. The molecule has 2 N–H and O–H groups in total. The van der Waals surface area contributed by atoms with Gasteiger partial charge in [-0.25, -0.2) is 4.98 Å². The summed E-state index contributed by atoms with van der Waals surface area (Å²) in [6.07, 6.45) is 1.76. The first-order valence-corrected chi connectivity index (χ1v) is 11.2. The van der Waals surface area contributed by atoms with E-state index in [0.717, 1.165) is 67.4 Å². The molecular weight excluding hydrogens is 527 g/mol. The minimum atomic E-state index is 0. The molecular formula is C25H35IN6O. The summed E-state index contributed by atoms with van der Waals surface area (Å²) in [7, 11) is 3.54. The summed E-state index contributed by atoms with van der Waals surface area (Å²) in [5.41, 5.74) is 4.06. The third kappa shape index (κ3) is 7.45. The van der Waals surface area contributed by atoms with Gasteiger partial charge in [-0.1, -0.05) is 24.3 Å². The van der Waals surface area contributed by atoms with E-state index in [-0.39, 0.29) is 29.9 Å². The predicted octanol–water partition coefficient (Wildman–Crippen LogP) is 3.85. The van der Waals surface area contributed by atoms with Gasteiger partial charge in [-0.05, 0) is 56.5 Å². The normalized spacial score (nSPS) is 11.2. The summed E-state index contributed by atoms with van der Waals surface area (Å²) in [6.45, 7) is 7.29. The molecule has 1 heterocycles. The lowest BCUT2D eigenvalue weighted by Gasteiger charge is -2.13. The van der Waals surface area contributed by atoms with Gasteiger partial charge in [-0.3, -0.25) is 9.79 Å². The molecule has 1 amide bonds. The minimum absolute atomic E-state index is 0. The number of aromatic nitrogens is 2. The standard InChI is InChI=1S/C25H34N6O.HI/c1-5-26-25(28-16-14-20-10-8-11-21(18-20)24(32)30(3)4)27-15-9-17-31-19(2)29-22-12-6-7-13-23(22)31;/h6-8,10-13,18H,5,9,14-17H2,1-4H3,(H2,26,27,28);1H. The van der Waals surface area contributed by atoms with Crippen molar-refractivity contribution in [3.8, 4) is 0 Å². The van der Waals surface area contributed by atoms with E-state index in [0.29, 0.717) is 0 Å². The quantitative estimate of drug-likeness (QED) is 0.180. The third-order valence-electron chi connectivity index (χ3n) is 5.29. The highest BCUT2D eigenvalue weighted by atomic mass is 127. The number of benzene rings is 2. The molecule has 0 saturated carbocycles. The Balaban J connectivity index is 0.00000385. The van der Waals surface area contributed by atoms with Gasteiger partial charge >= 0.3 is 0 Å². The predicted molar refractivity (Wildman–Crippen MR) is 147 cm³/mol. The number of rotatable bonds is 9. The number of para-hydroxylation sites is 2. The van der Waals surface area contributed by atoms with Crippen LogP contribution >= 0.6 is 24.0 Å². The molecule has 0 aliphatic carbocycles. The molecule has 0 saturated heterocycles. The summed E-state index contributed by atoms with van der Waals surface area (Å²) >= 11 is 0. The number of halogens is 1. The molecule has 1 aromatic heterocycles. The molecule has 0 unspecified atom stereocenters. The zero-order valence-corrected chi connectivity index (χ0v) is 22.3. The largest absolute Gasteiger partial charge is 0.357 e. The molecule has 3 rings (SSSR count). The first kappa shape index (κ1) is 26.6. The molecule has 0 spiro atoms. The van der Waals surface area contributed by atoms with Gasteiger partial charge in [0.05, 0.1) is 11.0 Å². The van der Waals surface area contributed by atoms with E-state index in [4.69, 9.17) is 4.99 Å². The Morgan fingerprint density at radius 1 is 1.12 bits per heavy atom. The highest BCUT2D eigenvalue weighted by molar-refractivity contribution is 14.0. The van der Waals surface area contributed by atoms with Crippen LogP contribution in [-0.4, -0.2) is 60.0 Å². The van der Waals surface area contributed by atoms with E-state index < -0.39 is 0 Å². The van der Waals surface area contributed by atoms with E-state index in [2.05, 4.69) is 58.3 Å². The van der Waals surface area contributed by atoms with E-state index >= 15 is 0 Å². The molecule has 7 nitrogen and oxygen atoms in total. The number of fused-ring (bicyclic) bond motifs is 1. The van der Waals surface area contributed by atoms with Crippen LogP contribution in [0.1, 0.15) is 35.1 Å². The number of hydrogen-bond acceptors (Lipinski definition) is 3. The Labute approximate surface area is 213 Å². The molecule has 0 atom stereocenters. The fraction of sp³-hybridized carbons (Fsp3) is 0.400. The van der Waals surface area contributed by atoms with Crippen molar-refractivity contribution in [1.82, 2.24) is 25.1 Å². The molecule has 0 aliphatic heterocycles. The van der Waals surface area contributed by atoms with Gasteiger partial charge in [-0.15, -0.1) is 24.0 Å². The Kier molecular flexibility index (Phi) is 10.6. The highest BCUT2D eigenvalue weighted by Crippen LogP contribution is 2.15. The smallest absolute Gasteiger partial charge is 0.253 e.